The molecule has 1 amide bonds. The highest BCUT2D eigenvalue weighted by Gasteiger charge is 2.62. The molecule has 0 saturated carbocycles. The molecule has 3 heterocycles. The van der Waals surface area contributed by atoms with E-state index in [-0.39, 0.29) is 17.6 Å². The fourth-order valence-electron chi connectivity index (χ4n) is 4.15. The number of carbonyl (C=O) groups excluding carboxylic acids is 1. The Labute approximate surface area is 233 Å². The molecule has 1 aliphatic rings. The van der Waals surface area contributed by atoms with Crippen molar-refractivity contribution in [1.82, 2.24) is 15.2 Å². The van der Waals surface area contributed by atoms with Crippen molar-refractivity contribution in [3.63, 3.8) is 0 Å². The predicted molar refractivity (Wildman–Crippen MR) is 131 cm³/mol. The number of anilines is 1. The van der Waals surface area contributed by atoms with Crippen LogP contribution in [0.15, 0.2) is 35.3 Å². The molecule has 0 aliphatic carbocycles. The zero-order chi connectivity index (χ0) is 31.4. The summed E-state index contributed by atoms with van der Waals surface area (Å²) in [5.74, 6) is -4.10. The van der Waals surface area contributed by atoms with Crippen molar-refractivity contribution < 1.29 is 54.9 Å². The van der Waals surface area contributed by atoms with Gasteiger partial charge in [-0.2, -0.15) is 26.3 Å². The summed E-state index contributed by atoms with van der Waals surface area (Å²) in [4.78, 5) is 16.2. The number of nitrogens with one attached hydrogen (secondary N) is 1. The Kier molecular flexibility index (Phi) is 7.61. The number of fused-ring (bicyclic) bond motifs is 7. The maximum atomic E-state index is 14.8. The van der Waals surface area contributed by atoms with Gasteiger partial charge in [0.2, 0.25) is 0 Å². The van der Waals surface area contributed by atoms with E-state index in [1.807, 2.05) is 5.32 Å². The molecule has 1 aliphatic heterocycles. The Morgan fingerprint density at radius 3 is 2.40 bits per heavy atom. The molecular weight excluding hydrogens is 581 g/mol. The fraction of sp³-hybridized carbons (Fsp3) is 0.385. The van der Waals surface area contributed by atoms with E-state index in [2.05, 4.69) is 21.8 Å². The number of aliphatic hydroxyl groups is 2. The Bertz CT molecular complexity index is 1550. The number of hydrogen-bond acceptors (Lipinski definition) is 8. The van der Waals surface area contributed by atoms with Crippen molar-refractivity contribution in [2.45, 2.75) is 63.3 Å². The normalized spacial score (nSPS) is 19.7. The fourth-order valence-corrected chi connectivity index (χ4v) is 4.15. The van der Waals surface area contributed by atoms with Crippen LogP contribution in [0.5, 0.6) is 0 Å². The van der Waals surface area contributed by atoms with Crippen LogP contribution in [0, 0.1) is 5.82 Å². The lowest BCUT2D eigenvalue weighted by Gasteiger charge is -2.28. The van der Waals surface area contributed by atoms with E-state index in [9.17, 15) is 45.7 Å². The van der Waals surface area contributed by atoms with Gasteiger partial charge in [-0.3, -0.25) is 5.32 Å². The maximum Gasteiger partial charge on any atom is 0.430 e. The van der Waals surface area contributed by atoms with Crippen LogP contribution in [0.25, 0.3) is 17.2 Å². The van der Waals surface area contributed by atoms with Gasteiger partial charge in [-0.25, -0.2) is 14.2 Å². The van der Waals surface area contributed by atoms with E-state index in [4.69, 9.17) is 9.15 Å². The lowest BCUT2D eigenvalue weighted by Crippen LogP contribution is -2.44. The topological polar surface area (TPSA) is 131 Å². The van der Waals surface area contributed by atoms with Gasteiger partial charge in [-0.1, -0.05) is 12.6 Å². The number of carbonyl (C=O) groups is 1. The zero-order valence-corrected chi connectivity index (χ0v) is 22.1. The summed E-state index contributed by atoms with van der Waals surface area (Å²) in [5, 5.41) is 30.3. The number of ether oxygens (including phenoxy) is 1. The molecule has 6 bridgehead atoms. The van der Waals surface area contributed by atoms with Gasteiger partial charge in [0.25, 0.3) is 17.4 Å². The van der Waals surface area contributed by atoms with Crippen LogP contribution in [0.3, 0.4) is 0 Å². The minimum Gasteiger partial charge on any atom is -0.444 e. The molecule has 42 heavy (non-hydrogen) atoms. The number of halogens is 7. The largest absolute Gasteiger partial charge is 0.444 e. The molecule has 2 unspecified atom stereocenters. The second kappa shape index (κ2) is 10.3. The quantitative estimate of drug-likeness (QED) is 0.277. The van der Waals surface area contributed by atoms with Crippen molar-refractivity contribution >= 4 is 17.4 Å². The summed E-state index contributed by atoms with van der Waals surface area (Å²) in [6.07, 6.45) is -14.7. The van der Waals surface area contributed by atoms with Crippen molar-refractivity contribution in [3.05, 3.63) is 64.9 Å². The molecule has 4 rings (SSSR count). The SMILES string of the molecule is C=C1CCC(O)c2nc(c(NC(=O)OC(C)(C)C)cc2C(F)(F)F)-c2nnc(o2)C(O)(C(F)(F)F)c2cc1ccc2F. The highest BCUT2D eigenvalue weighted by molar-refractivity contribution is 5.89. The number of pyridine rings is 1. The number of alkyl halides is 6. The predicted octanol–water partition coefficient (Wildman–Crippen LogP) is 6.28. The average Bonchev–Trinajstić information content (AvgIpc) is 3.34. The standard InChI is InChI=1S/C26H23F7N4O5/c1-11-5-8-17(38)18-14(25(28,29)30)10-16(34-22(39)42-23(2,3)4)19(35-18)20-36-37-21(41-20)24(40,26(31,32)33)13-9-12(11)6-7-15(13)27/h6-7,9-10,17,38,40H,1,5,8H2,2-4H3,(H,34,39). The highest BCUT2D eigenvalue weighted by Crippen LogP contribution is 2.47. The Hall–Kier alpha value is -4.05. The molecule has 0 fully saturated rings. The van der Waals surface area contributed by atoms with Crippen LogP contribution in [0.1, 0.15) is 68.0 Å². The number of amides is 1. The molecule has 0 spiro atoms. The number of allylic oxidation sites excluding steroid dienone is 1. The van der Waals surface area contributed by atoms with Crippen molar-refractivity contribution in [2.24, 2.45) is 0 Å². The third-order valence-corrected chi connectivity index (χ3v) is 6.14. The first-order valence-electron chi connectivity index (χ1n) is 12.1. The molecule has 1 aromatic carbocycles. The smallest absolute Gasteiger partial charge is 0.430 e. The Morgan fingerprint density at radius 1 is 1.14 bits per heavy atom. The van der Waals surface area contributed by atoms with Crippen LogP contribution in [-0.4, -0.2) is 43.3 Å². The van der Waals surface area contributed by atoms with Gasteiger partial charge in [0.15, 0.2) is 5.69 Å². The molecule has 226 valence electrons. The lowest BCUT2D eigenvalue weighted by atomic mass is 9.88. The molecule has 16 heteroatoms. The first-order valence-corrected chi connectivity index (χ1v) is 12.1. The monoisotopic (exact) mass is 604 g/mol. The summed E-state index contributed by atoms with van der Waals surface area (Å²) in [7, 11) is 0. The van der Waals surface area contributed by atoms with E-state index in [0.29, 0.717) is 18.2 Å². The summed E-state index contributed by atoms with van der Waals surface area (Å²) in [6, 6.07) is 2.68. The van der Waals surface area contributed by atoms with E-state index in [0.717, 1.165) is 6.07 Å². The number of aromatic nitrogens is 3. The van der Waals surface area contributed by atoms with E-state index in [1.165, 1.54) is 20.8 Å². The lowest BCUT2D eigenvalue weighted by molar-refractivity contribution is -0.256. The van der Waals surface area contributed by atoms with Gasteiger partial charge >= 0.3 is 18.4 Å². The second-order valence-corrected chi connectivity index (χ2v) is 10.4. The van der Waals surface area contributed by atoms with Crippen LogP contribution in [-0.2, 0) is 16.5 Å². The molecular formula is C26H23F7N4O5. The van der Waals surface area contributed by atoms with Crippen molar-refractivity contribution in [1.29, 1.82) is 0 Å². The molecule has 0 saturated heterocycles. The van der Waals surface area contributed by atoms with E-state index in [1.54, 1.807) is 0 Å². The van der Waals surface area contributed by atoms with Gasteiger partial charge in [0.05, 0.1) is 23.0 Å². The highest BCUT2D eigenvalue weighted by atomic mass is 19.4. The average molecular weight is 604 g/mol. The third-order valence-electron chi connectivity index (χ3n) is 6.14. The summed E-state index contributed by atoms with van der Waals surface area (Å²) in [6.45, 7) is 8.05. The maximum absolute atomic E-state index is 14.8. The van der Waals surface area contributed by atoms with Gasteiger partial charge in [0.1, 0.15) is 11.4 Å². The number of rotatable bonds is 1. The molecule has 2 atom stereocenters. The molecule has 9 nitrogen and oxygen atoms in total. The number of aliphatic hydroxyl groups excluding tert-OH is 1. The Balaban J connectivity index is 2.03. The molecule has 2 aromatic heterocycles. The van der Waals surface area contributed by atoms with Gasteiger partial charge in [0, 0.05) is 5.56 Å². The van der Waals surface area contributed by atoms with Gasteiger partial charge in [-0.05, 0) is 62.9 Å². The van der Waals surface area contributed by atoms with Crippen LogP contribution in [0.2, 0.25) is 0 Å². The van der Waals surface area contributed by atoms with Crippen molar-refractivity contribution in [3.8, 4) is 11.6 Å². The van der Waals surface area contributed by atoms with Crippen molar-refractivity contribution in [2.75, 3.05) is 5.32 Å². The Morgan fingerprint density at radius 2 is 1.81 bits per heavy atom. The van der Waals surface area contributed by atoms with Gasteiger partial charge in [-0.15, -0.1) is 10.2 Å². The number of hydrogen-bond donors (Lipinski definition) is 3. The minimum absolute atomic E-state index is 0.0000896. The summed E-state index contributed by atoms with van der Waals surface area (Å²) >= 11 is 0. The first kappa shape index (κ1) is 30.9. The summed E-state index contributed by atoms with van der Waals surface area (Å²) < 4.78 is 110. The zero-order valence-electron chi connectivity index (χ0n) is 22.1. The third kappa shape index (κ3) is 5.81. The number of nitrogens with zero attached hydrogens (tertiary/aromatic N) is 3. The minimum atomic E-state index is -5.65. The second-order valence-electron chi connectivity index (χ2n) is 10.4. The van der Waals surface area contributed by atoms with Crippen LogP contribution < -0.4 is 5.32 Å². The van der Waals surface area contributed by atoms with Crippen LogP contribution in [0.4, 0.5) is 41.2 Å². The molecule has 0 radical (unpaired) electrons. The molecule has 3 N–H and O–H groups in total. The first-order chi connectivity index (χ1) is 19.2. The summed E-state index contributed by atoms with van der Waals surface area (Å²) in [5.41, 5.74) is -10.8. The van der Waals surface area contributed by atoms with E-state index < -0.39 is 88.0 Å². The molecule has 3 aromatic rings. The van der Waals surface area contributed by atoms with Crippen LogP contribution >= 0.6 is 0 Å². The van der Waals surface area contributed by atoms with E-state index >= 15 is 0 Å². The van der Waals surface area contributed by atoms with Gasteiger partial charge < -0.3 is 19.4 Å². The number of benzene rings is 1.